The summed E-state index contributed by atoms with van der Waals surface area (Å²) in [5.74, 6) is -0.262. The highest BCUT2D eigenvalue weighted by molar-refractivity contribution is 7.22. The third-order valence-corrected chi connectivity index (χ3v) is 31.4. The van der Waals surface area contributed by atoms with E-state index in [0.29, 0.717) is 182 Å². The van der Waals surface area contributed by atoms with Gasteiger partial charge in [-0.15, -0.1) is 45.3 Å². The van der Waals surface area contributed by atoms with Crippen LogP contribution in [0.3, 0.4) is 0 Å². The predicted octanol–water partition coefficient (Wildman–Crippen LogP) is 12.8. The number of hydrogen-bond acceptors (Lipinski definition) is 31. The number of amides is 2. The number of carbonyl (C=O) groups is 4. The molecule has 5 fully saturated rings. The molecule has 21 rings (SSSR count). The first-order valence-electron chi connectivity index (χ1n) is 44.8. The van der Waals surface area contributed by atoms with Gasteiger partial charge in [0, 0.05) is 172 Å². The molecule has 29 nitrogen and oxygen atoms in total. The molecule has 134 heavy (non-hydrogen) atoms. The lowest BCUT2D eigenvalue weighted by Crippen LogP contribution is -2.51. The van der Waals surface area contributed by atoms with Crippen LogP contribution in [-0.4, -0.2) is 191 Å². The smallest absolute Gasteiger partial charge is 0.263 e. The van der Waals surface area contributed by atoms with Crippen molar-refractivity contribution in [3.8, 4) is 29.1 Å². The summed E-state index contributed by atoms with van der Waals surface area (Å²) in [7, 11) is 4.87. The monoisotopic (exact) mass is 1900 g/mol. The molecular weight excluding hydrogens is 1800 g/mol. The molecule has 8 aromatic heterocycles. The van der Waals surface area contributed by atoms with E-state index in [1.807, 2.05) is 98.2 Å². The van der Waals surface area contributed by atoms with E-state index >= 15 is 8.78 Å². The minimum Gasteiger partial charge on any atom is -0.493 e. The number of piperazine rings is 1. The lowest BCUT2D eigenvalue weighted by atomic mass is 9.91. The lowest BCUT2D eigenvalue weighted by Gasteiger charge is -2.36. The number of halogens is 4. The highest BCUT2D eigenvalue weighted by Crippen LogP contribution is 2.47. The Labute approximate surface area is 786 Å². The minimum absolute atomic E-state index is 0.00413. The summed E-state index contributed by atoms with van der Waals surface area (Å²) in [5, 5.41) is 22.5. The first-order chi connectivity index (χ1) is 64.4. The van der Waals surface area contributed by atoms with E-state index in [9.17, 15) is 33.2 Å². The number of aromatic nitrogens is 4. The standard InChI is InChI=1S/C25H25FN6O2S.3C24H27FN4O3S/c1-12-2-5-16-21(28)23(35-25(16)29-12)24(33)31-15-6-17-19(26)7-20(18(8-27)22(17)34-11-15)32-9-13-3-4-14(10-32)30-13;1-11-3-5-16-20(27)22(33-24(16)28-11)23(30)29-14-7-12-4-6-15(19(25)21(12)32-10-14)13-8-17(26)18(9-13)31-2;2*1-12-3-4-15-22(27)23(33-24(15)28-12)19(30)6-13-5-14-7-16(25)18(8-20(14)32-11-13)29-9-17(26)21(10-29)31-2/h2,5,7,13-15,30H,3-4,6,9-11,28H2,1H3,(H,31,33);3-6,13-14,17-18H,7-10,26-27H2,1-2H3,(H,29,30);2*3-4,7-8,13,17,21H,5-6,9-11,26-27H2,1-2H3/t13?,14?,15-;13?,14-,17+,18+;2*13-,17+,21+/m1100/s1. The van der Waals surface area contributed by atoms with E-state index in [0.717, 1.165) is 101 Å². The number of aryl methyl sites for hydroxylation is 4. The van der Waals surface area contributed by atoms with Crippen LogP contribution in [0, 0.1) is 74.1 Å². The molecular formula is C97H106F4N18O11S4. The molecule has 8 aliphatic heterocycles. The molecule has 0 radical (unpaired) electrons. The van der Waals surface area contributed by atoms with Gasteiger partial charge in [0.25, 0.3) is 11.8 Å². The molecule has 1 saturated carbocycles. The van der Waals surface area contributed by atoms with E-state index < -0.39 is 11.9 Å². The maximum Gasteiger partial charge on any atom is 0.263 e. The fraction of sp³-hybridized carbons (Fsp3) is 0.412. The van der Waals surface area contributed by atoms with Crippen LogP contribution in [0.2, 0.25) is 0 Å². The summed E-state index contributed by atoms with van der Waals surface area (Å²) < 4.78 is 100. The number of rotatable bonds is 17. The third-order valence-electron chi connectivity index (χ3n) is 26.9. The van der Waals surface area contributed by atoms with Crippen LogP contribution in [0.4, 0.5) is 57.4 Å². The molecule has 2 bridgehead atoms. The number of ether oxygens (including phenoxy) is 7. The van der Waals surface area contributed by atoms with Crippen molar-refractivity contribution in [2.45, 2.75) is 158 Å². The molecule has 2 amide bonds. The largest absolute Gasteiger partial charge is 0.493 e. The molecule has 702 valence electrons. The van der Waals surface area contributed by atoms with Crippen LogP contribution in [0.5, 0.6) is 23.0 Å². The van der Waals surface area contributed by atoms with Gasteiger partial charge in [0.15, 0.2) is 23.1 Å². The molecule has 16 heterocycles. The zero-order valence-corrected chi connectivity index (χ0v) is 78.3. The van der Waals surface area contributed by atoms with Gasteiger partial charge in [-0.2, -0.15) is 5.26 Å². The highest BCUT2D eigenvalue weighted by Gasteiger charge is 2.42. The highest BCUT2D eigenvalue weighted by atomic mass is 32.1. The number of anilines is 7. The van der Waals surface area contributed by atoms with Gasteiger partial charge in [-0.25, -0.2) is 37.5 Å². The number of Topliss-reactive ketones (excluding diaryl/α,β-unsaturated/α-hetero) is 2. The summed E-state index contributed by atoms with van der Waals surface area (Å²) >= 11 is 5.16. The number of carbonyl (C=O) groups excluding carboxylic acids is 4. The Balaban J connectivity index is 0.000000119. The Bertz CT molecular complexity index is 6270. The molecule has 13 atom stereocenters. The van der Waals surface area contributed by atoms with Crippen molar-refractivity contribution in [3.05, 3.63) is 190 Å². The maximum absolute atomic E-state index is 15.3. The molecule has 3 unspecified atom stereocenters. The average Bonchev–Trinajstić information content (AvgIpc) is 0.960. The fourth-order valence-electron chi connectivity index (χ4n) is 19.8. The first-order valence-corrected chi connectivity index (χ1v) is 48.1. The normalized spacial score (nSPS) is 23.1. The topological polar surface area (TPSA) is 436 Å². The molecule has 4 saturated heterocycles. The van der Waals surface area contributed by atoms with Crippen molar-refractivity contribution in [2.75, 3.05) is 125 Å². The van der Waals surface area contributed by atoms with Gasteiger partial charge in [0.1, 0.15) is 88.6 Å². The molecule has 17 N–H and O–H groups in total. The maximum atomic E-state index is 15.3. The number of benzene rings is 4. The van der Waals surface area contributed by atoms with E-state index in [-0.39, 0.29) is 139 Å². The second kappa shape index (κ2) is 38.6. The van der Waals surface area contributed by atoms with Gasteiger partial charge in [-0.3, -0.25) is 19.2 Å². The molecule has 0 spiro atoms. The number of methoxy groups -OCH3 is 3. The number of nitrogen functional groups attached to an aromatic ring is 4. The SMILES string of the molecule is CO[C@@H]1CN(c2cc3c(cc2F)C[C@@H](CC(=O)c2sc4nc(C)ccc4c2N)CO3)C[C@H]1N.CO[C@@H]1CN(c2cc3c(cc2F)C[C@@H](CC(=O)c2sc4nc(C)ccc4c2N)CO3)C[C@H]1N.CO[C@H]1CC(c2ccc3c(c2F)OC[C@H](NC(=O)c2sc4nc(C)ccc4c2N)C3)C[C@@H]1N.Cc1ccc2c(N)c(C(=O)N[C@H]3COc4c(C#N)c(N5CC6CCC(C5)N6)cc(F)c4C3)sc2n1. The quantitative estimate of drug-likeness (QED) is 0.0299. The van der Waals surface area contributed by atoms with Gasteiger partial charge < -0.3 is 104 Å². The number of nitrogens with two attached hydrogens (primary N) is 7. The van der Waals surface area contributed by atoms with E-state index in [4.69, 9.17) is 73.3 Å². The second-order valence-corrected chi connectivity index (χ2v) is 40.3. The second-order valence-electron chi connectivity index (χ2n) is 36.3. The number of fused-ring (bicyclic) bond motifs is 10. The van der Waals surface area contributed by atoms with Gasteiger partial charge in [-0.05, 0) is 168 Å². The van der Waals surface area contributed by atoms with Crippen LogP contribution in [0.1, 0.15) is 139 Å². The Morgan fingerprint density at radius 1 is 0.478 bits per heavy atom. The van der Waals surface area contributed by atoms with Crippen LogP contribution < -0.4 is 89.7 Å². The van der Waals surface area contributed by atoms with Crippen LogP contribution in [0.15, 0.2) is 91.0 Å². The number of pyridine rings is 4. The Hall–Kier alpha value is -11.7. The molecule has 12 aromatic rings. The van der Waals surface area contributed by atoms with Crippen molar-refractivity contribution in [1.29, 1.82) is 5.26 Å². The molecule has 4 aromatic carbocycles. The van der Waals surface area contributed by atoms with Gasteiger partial charge in [-0.1, -0.05) is 12.1 Å². The first kappa shape index (κ1) is 92.8. The third kappa shape index (κ3) is 18.7. The van der Waals surface area contributed by atoms with Crippen molar-refractivity contribution in [3.63, 3.8) is 0 Å². The van der Waals surface area contributed by atoms with Crippen LogP contribution in [-0.2, 0) is 39.9 Å². The number of ketones is 2. The van der Waals surface area contributed by atoms with E-state index in [2.05, 4.69) is 46.9 Å². The molecule has 37 heteroatoms. The summed E-state index contributed by atoms with van der Waals surface area (Å²) in [6.45, 7) is 12.3. The summed E-state index contributed by atoms with van der Waals surface area (Å²) in [4.78, 5) is 80.6. The van der Waals surface area contributed by atoms with Crippen LogP contribution in [0.25, 0.3) is 40.9 Å². The number of nitrogens with zero attached hydrogens (tertiary/aromatic N) is 8. The van der Waals surface area contributed by atoms with Gasteiger partial charge in [0.2, 0.25) is 0 Å². The van der Waals surface area contributed by atoms with E-state index in [1.165, 1.54) is 63.5 Å². The average molecular weight is 1900 g/mol. The van der Waals surface area contributed by atoms with Crippen molar-refractivity contribution in [2.24, 2.45) is 29.0 Å². The Morgan fingerprint density at radius 2 is 0.903 bits per heavy atom. The number of nitriles is 1. The Morgan fingerprint density at radius 3 is 1.34 bits per heavy atom. The summed E-state index contributed by atoms with van der Waals surface area (Å²) in [6, 6.07) is 28.5. The van der Waals surface area contributed by atoms with Gasteiger partial charge in [0.05, 0.1) is 105 Å². The van der Waals surface area contributed by atoms with Crippen molar-refractivity contribution < 1.29 is 69.9 Å². The van der Waals surface area contributed by atoms with E-state index in [1.54, 1.807) is 33.5 Å². The fourth-order valence-corrected chi connectivity index (χ4v) is 24.1. The minimum atomic E-state index is -0.448. The van der Waals surface area contributed by atoms with Crippen LogP contribution >= 0.6 is 45.3 Å². The van der Waals surface area contributed by atoms with Crippen molar-refractivity contribution in [1.82, 2.24) is 35.9 Å². The number of hydrogen-bond donors (Lipinski definition) is 10. The lowest BCUT2D eigenvalue weighted by molar-refractivity contribution is 0.0911. The molecule has 9 aliphatic rings. The zero-order valence-electron chi connectivity index (χ0n) is 75.1. The summed E-state index contributed by atoms with van der Waals surface area (Å²) in [5.41, 5.74) is 53.6. The van der Waals surface area contributed by atoms with Crippen molar-refractivity contribution >= 4 is 149 Å². The Kier molecular flexibility index (Phi) is 26.7. The zero-order chi connectivity index (χ0) is 94.1. The molecule has 1 aliphatic carbocycles. The van der Waals surface area contributed by atoms with Gasteiger partial charge >= 0.3 is 0 Å². The summed E-state index contributed by atoms with van der Waals surface area (Å²) in [6.07, 6.45) is 5.66. The number of thiophene rings is 4. The number of nitrogens with one attached hydrogen (secondary N) is 3. The predicted molar refractivity (Wildman–Crippen MR) is 514 cm³/mol.